The van der Waals surface area contributed by atoms with Gasteiger partial charge in [-0.3, -0.25) is 14.4 Å². The molecule has 2 N–H and O–H groups in total. The molecule has 0 saturated carbocycles. The number of amides is 1. The molecule has 98 valence electrons. The molecule has 0 aromatic heterocycles. The average Bonchev–Trinajstić information content (AvgIpc) is 2.66. The molecule has 0 bridgehead atoms. The number of ketones is 2. The Morgan fingerprint density at radius 1 is 1.21 bits per heavy atom. The van der Waals surface area contributed by atoms with Crippen molar-refractivity contribution in [2.45, 2.75) is 19.8 Å². The Morgan fingerprint density at radius 2 is 1.89 bits per heavy atom. The molecular formula is C14H13NO4. The van der Waals surface area contributed by atoms with E-state index in [1.807, 2.05) is 6.92 Å². The van der Waals surface area contributed by atoms with Crippen molar-refractivity contribution in [1.82, 2.24) is 5.32 Å². The van der Waals surface area contributed by atoms with Crippen molar-refractivity contribution < 1.29 is 19.5 Å². The number of aliphatic hydroxyl groups is 1. The quantitative estimate of drug-likeness (QED) is 0.454. The summed E-state index contributed by atoms with van der Waals surface area (Å²) in [5, 5.41) is 12.4. The number of nitrogens with one attached hydrogen (secondary N) is 1. The number of allylic oxidation sites excluding steroid dienone is 3. The van der Waals surface area contributed by atoms with Crippen LogP contribution < -0.4 is 5.32 Å². The van der Waals surface area contributed by atoms with Crippen molar-refractivity contribution in [3.63, 3.8) is 0 Å². The number of hydrogen-bond acceptors (Lipinski definition) is 4. The Labute approximate surface area is 110 Å². The first-order chi connectivity index (χ1) is 8.99. The van der Waals surface area contributed by atoms with Crippen molar-refractivity contribution >= 4 is 17.5 Å². The highest BCUT2D eigenvalue weighted by molar-refractivity contribution is 6.56. The van der Waals surface area contributed by atoms with Crippen molar-refractivity contribution in [1.29, 1.82) is 0 Å². The first kappa shape index (κ1) is 13.0. The standard InChI is InChI=1S/C14H13NO4/c1-3-4-5-6-8-11(16)9-7(2)15-14(19)10(9)13(18)12(8)17/h5-6,16H,2-4H2,1H3,(H,15,19)/b6-5+. The Kier molecular flexibility index (Phi) is 3.21. The molecule has 1 aliphatic heterocycles. The molecule has 0 spiro atoms. The van der Waals surface area contributed by atoms with Gasteiger partial charge in [0, 0.05) is 5.70 Å². The van der Waals surface area contributed by atoms with Crippen LogP contribution >= 0.6 is 0 Å². The third kappa shape index (κ3) is 1.93. The molecule has 19 heavy (non-hydrogen) atoms. The van der Waals surface area contributed by atoms with E-state index < -0.39 is 17.5 Å². The summed E-state index contributed by atoms with van der Waals surface area (Å²) in [5.41, 5.74) is -0.236. The number of aliphatic hydroxyl groups excluding tert-OH is 1. The lowest BCUT2D eigenvalue weighted by atomic mass is 9.88. The van der Waals surface area contributed by atoms with Crippen molar-refractivity contribution in [3.05, 3.63) is 46.9 Å². The van der Waals surface area contributed by atoms with Crippen LogP contribution in [0.2, 0.25) is 0 Å². The fourth-order valence-corrected chi connectivity index (χ4v) is 2.00. The van der Waals surface area contributed by atoms with Gasteiger partial charge in [0.25, 0.3) is 5.91 Å². The lowest BCUT2D eigenvalue weighted by Gasteiger charge is -2.13. The SMILES string of the molecule is C=C1NC(=O)C2=C1C(O)=C(/C=C/CCC)C(=O)C2=O. The maximum atomic E-state index is 11.9. The Bertz CT molecular complexity index is 605. The molecule has 1 aliphatic carbocycles. The maximum absolute atomic E-state index is 11.9. The lowest BCUT2D eigenvalue weighted by Crippen LogP contribution is -2.28. The monoisotopic (exact) mass is 259 g/mol. The predicted molar refractivity (Wildman–Crippen MR) is 68.0 cm³/mol. The first-order valence-electron chi connectivity index (χ1n) is 5.93. The molecule has 1 heterocycles. The second kappa shape index (κ2) is 4.68. The van der Waals surface area contributed by atoms with Crippen LogP contribution in [0.3, 0.4) is 0 Å². The van der Waals surface area contributed by atoms with E-state index in [9.17, 15) is 19.5 Å². The van der Waals surface area contributed by atoms with Crippen LogP contribution in [0, 0.1) is 0 Å². The summed E-state index contributed by atoms with van der Waals surface area (Å²) in [7, 11) is 0. The van der Waals surface area contributed by atoms with Crippen LogP contribution in [0.25, 0.3) is 0 Å². The van der Waals surface area contributed by atoms with Crippen LogP contribution in [0.4, 0.5) is 0 Å². The molecule has 0 aromatic rings. The molecule has 5 nitrogen and oxygen atoms in total. The molecule has 0 radical (unpaired) electrons. The highest BCUT2D eigenvalue weighted by atomic mass is 16.3. The zero-order chi connectivity index (χ0) is 14.2. The first-order valence-corrected chi connectivity index (χ1v) is 5.93. The van der Waals surface area contributed by atoms with Crippen molar-refractivity contribution in [2.75, 3.05) is 0 Å². The van der Waals surface area contributed by atoms with Gasteiger partial charge in [-0.2, -0.15) is 0 Å². The van der Waals surface area contributed by atoms with E-state index in [-0.39, 0.29) is 28.2 Å². The molecule has 0 fully saturated rings. The van der Waals surface area contributed by atoms with Gasteiger partial charge in [0.2, 0.25) is 11.6 Å². The van der Waals surface area contributed by atoms with Gasteiger partial charge in [0.1, 0.15) is 11.3 Å². The largest absolute Gasteiger partial charge is 0.506 e. The second-order valence-corrected chi connectivity index (χ2v) is 4.29. The molecule has 0 saturated heterocycles. The minimum atomic E-state index is -0.903. The number of carbonyl (C=O) groups is 3. The minimum Gasteiger partial charge on any atom is -0.506 e. The number of Topliss-reactive ketones (excluding diaryl/α,β-unsaturated/α-hetero) is 2. The summed E-state index contributed by atoms with van der Waals surface area (Å²) in [5.74, 6) is -2.83. The van der Waals surface area contributed by atoms with E-state index in [0.717, 1.165) is 12.8 Å². The topological polar surface area (TPSA) is 83.5 Å². The zero-order valence-electron chi connectivity index (χ0n) is 10.4. The molecule has 2 rings (SSSR count). The van der Waals surface area contributed by atoms with E-state index in [4.69, 9.17) is 0 Å². The van der Waals surface area contributed by atoms with E-state index in [0.29, 0.717) is 0 Å². The molecular weight excluding hydrogens is 246 g/mol. The van der Waals surface area contributed by atoms with Crippen molar-refractivity contribution in [3.8, 4) is 0 Å². The van der Waals surface area contributed by atoms with E-state index in [1.54, 1.807) is 6.08 Å². The van der Waals surface area contributed by atoms with Crippen LogP contribution in [0.1, 0.15) is 19.8 Å². The Balaban J connectivity index is 2.55. The summed E-state index contributed by atoms with van der Waals surface area (Å²) in [6.07, 6.45) is 4.73. The third-order valence-electron chi connectivity index (χ3n) is 2.95. The zero-order valence-corrected chi connectivity index (χ0v) is 10.4. The van der Waals surface area contributed by atoms with Crippen LogP contribution in [0.5, 0.6) is 0 Å². The van der Waals surface area contributed by atoms with Crippen LogP contribution in [-0.4, -0.2) is 22.6 Å². The number of hydrogen-bond donors (Lipinski definition) is 2. The van der Waals surface area contributed by atoms with Gasteiger partial charge in [-0.1, -0.05) is 32.1 Å². The highest BCUT2D eigenvalue weighted by Gasteiger charge is 2.42. The van der Waals surface area contributed by atoms with E-state index in [1.165, 1.54) is 6.08 Å². The lowest BCUT2D eigenvalue weighted by molar-refractivity contribution is -0.133. The summed E-state index contributed by atoms with van der Waals surface area (Å²) in [6.45, 7) is 5.52. The smallest absolute Gasteiger partial charge is 0.260 e. The van der Waals surface area contributed by atoms with E-state index >= 15 is 0 Å². The molecule has 0 aromatic carbocycles. The number of carbonyl (C=O) groups excluding carboxylic acids is 3. The van der Waals surface area contributed by atoms with Gasteiger partial charge < -0.3 is 10.4 Å². The fraction of sp³-hybridized carbons (Fsp3) is 0.214. The van der Waals surface area contributed by atoms with Gasteiger partial charge in [0.05, 0.1) is 11.1 Å². The average molecular weight is 259 g/mol. The Morgan fingerprint density at radius 3 is 2.53 bits per heavy atom. The molecule has 0 atom stereocenters. The van der Waals surface area contributed by atoms with Gasteiger partial charge in [-0.15, -0.1) is 0 Å². The van der Waals surface area contributed by atoms with Gasteiger partial charge in [0.15, 0.2) is 0 Å². The third-order valence-corrected chi connectivity index (χ3v) is 2.95. The van der Waals surface area contributed by atoms with Gasteiger partial charge in [-0.25, -0.2) is 0 Å². The summed E-state index contributed by atoms with van der Waals surface area (Å²) in [6, 6.07) is 0. The predicted octanol–water partition coefficient (Wildman–Crippen LogP) is 1.25. The highest BCUT2D eigenvalue weighted by Crippen LogP contribution is 2.33. The normalized spacial score (nSPS) is 19.6. The number of rotatable bonds is 3. The summed E-state index contributed by atoms with van der Waals surface area (Å²) >= 11 is 0. The van der Waals surface area contributed by atoms with Crippen molar-refractivity contribution in [2.24, 2.45) is 0 Å². The Hall–Kier alpha value is -2.43. The molecule has 5 heteroatoms. The molecule has 2 aliphatic rings. The van der Waals surface area contributed by atoms with Crippen LogP contribution in [0.15, 0.2) is 46.9 Å². The van der Waals surface area contributed by atoms with Gasteiger partial charge in [-0.05, 0) is 6.42 Å². The summed E-state index contributed by atoms with van der Waals surface area (Å²) < 4.78 is 0. The van der Waals surface area contributed by atoms with Crippen LogP contribution in [-0.2, 0) is 14.4 Å². The van der Waals surface area contributed by atoms with Gasteiger partial charge >= 0.3 is 0 Å². The molecule has 0 unspecified atom stereocenters. The molecule has 1 amide bonds. The fourth-order valence-electron chi connectivity index (χ4n) is 2.00. The summed E-state index contributed by atoms with van der Waals surface area (Å²) in [4.78, 5) is 35.3. The number of unbranched alkanes of at least 4 members (excludes halogenated alkanes) is 1. The maximum Gasteiger partial charge on any atom is 0.260 e. The second-order valence-electron chi connectivity index (χ2n) is 4.29. The minimum absolute atomic E-state index is 0.0331. The van der Waals surface area contributed by atoms with E-state index in [2.05, 4.69) is 11.9 Å².